The van der Waals surface area contributed by atoms with E-state index in [0.717, 1.165) is 31.7 Å². The van der Waals surface area contributed by atoms with Crippen molar-refractivity contribution >= 4 is 11.7 Å². The summed E-state index contributed by atoms with van der Waals surface area (Å²) in [5.41, 5.74) is 2.03. The number of carbonyl (C=O) groups excluding carboxylic acids is 1. The van der Waals surface area contributed by atoms with Crippen LogP contribution in [0.4, 0.5) is 10.5 Å². The van der Waals surface area contributed by atoms with E-state index in [1.807, 2.05) is 43.0 Å². The topological polar surface area (TPSA) is 61.6 Å². The standard InChI is InChI=1S/C18H24N4O2/c1-14-13-17(24-20-14)15(2)19-18(23)22-10-6-9-21(11-12-22)16-7-4-3-5-8-16/h3-5,7-8,13,15H,6,9-12H2,1-2H3,(H,19,23). The molecule has 0 bridgehead atoms. The molecule has 0 spiro atoms. The largest absolute Gasteiger partial charge is 0.370 e. The summed E-state index contributed by atoms with van der Waals surface area (Å²) in [7, 11) is 0. The minimum atomic E-state index is -0.188. The van der Waals surface area contributed by atoms with E-state index in [-0.39, 0.29) is 12.1 Å². The smallest absolute Gasteiger partial charge is 0.318 e. The molecular formula is C18H24N4O2. The summed E-state index contributed by atoms with van der Waals surface area (Å²) in [6.07, 6.45) is 0.956. The Morgan fingerprint density at radius 2 is 2.00 bits per heavy atom. The number of aryl methyl sites for hydroxylation is 1. The molecule has 2 aromatic rings. The van der Waals surface area contributed by atoms with Gasteiger partial charge in [0.2, 0.25) is 0 Å². The number of carbonyl (C=O) groups is 1. The average molecular weight is 328 g/mol. The van der Waals surface area contributed by atoms with Crippen molar-refractivity contribution < 1.29 is 9.32 Å². The number of urea groups is 1. The monoisotopic (exact) mass is 328 g/mol. The van der Waals surface area contributed by atoms with Gasteiger partial charge in [0.1, 0.15) is 0 Å². The van der Waals surface area contributed by atoms with Gasteiger partial charge in [0.05, 0.1) is 11.7 Å². The van der Waals surface area contributed by atoms with E-state index in [4.69, 9.17) is 4.52 Å². The van der Waals surface area contributed by atoms with Gasteiger partial charge in [-0.1, -0.05) is 23.4 Å². The predicted molar refractivity (Wildman–Crippen MR) is 93.0 cm³/mol. The Bertz CT molecular complexity index is 671. The van der Waals surface area contributed by atoms with Crippen molar-refractivity contribution in [2.45, 2.75) is 26.3 Å². The van der Waals surface area contributed by atoms with Gasteiger partial charge in [-0.25, -0.2) is 4.79 Å². The number of amides is 2. The fraction of sp³-hybridized carbons (Fsp3) is 0.444. The maximum absolute atomic E-state index is 12.5. The van der Waals surface area contributed by atoms with Crippen molar-refractivity contribution in [2.24, 2.45) is 0 Å². The van der Waals surface area contributed by atoms with E-state index < -0.39 is 0 Å². The van der Waals surface area contributed by atoms with Crippen LogP contribution in [0.15, 0.2) is 40.9 Å². The summed E-state index contributed by atoms with van der Waals surface area (Å²) in [5, 5.41) is 6.87. The molecule has 6 nitrogen and oxygen atoms in total. The molecule has 1 aromatic heterocycles. The van der Waals surface area contributed by atoms with Gasteiger partial charge in [-0.05, 0) is 32.4 Å². The Kier molecular flexibility index (Phi) is 5.03. The highest BCUT2D eigenvalue weighted by Crippen LogP contribution is 2.17. The number of hydrogen-bond donors (Lipinski definition) is 1. The van der Waals surface area contributed by atoms with Gasteiger partial charge in [-0.3, -0.25) is 0 Å². The van der Waals surface area contributed by atoms with Crippen molar-refractivity contribution in [3.8, 4) is 0 Å². The predicted octanol–water partition coefficient (Wildman–Crippen LogP) is 2.97. The number of rotatable bonds is 3. The quantitative estimate of drug-likeness (QED) is 0.941. The van der Waals surface area contributed by atoms with E-state index >= 15 is 0 Å². The highest BCUT2D eigenvalue weighted by molar-refractivity contribution is 5.74. The van der Waals surface area contributed by atoms with Crippen LogP contribution >= 0.6 is 0 Å². The lowest BCUT2D eigenvalue weighted by Gasteiger charge is -2.24. The van der Waals surface area contributed by atoms with Crippen molar-refractivity contribution in [3.05, 3.63) is 47.9 Å². The summed E-state index contributed by atoms with van der Waals surface area (Å²) in [6, 6.07) is 12.0. The molecular weight excluding hydrogens is 304 g/mol. The van der Waals surface area contributed by atoms with Crippen LogP contribution in [0.3, 0.4) is 0 Å². The van der Waals surface area contributed by atoms with E-state index in [9.17, 15) is 4.79 Å². The molecule has 1 aromatic carbocycles. The van der Waals surface area contributed by atoms with Gasteiger partial charge in [-0.2, -0.15) is 0 Å². The molecule has 1 aliphatic rings. The molecule has 0 radical (unpaired) electrons. The molecule has 1 aliphatic heterocycles. The fourth-order valence-corrected chi connectivity index (χ4v) is 2.95. The van der Waals surface area contributed by atoms with Crippen molar-refractivity contribution in [2.75, 3.05) is 31.1 Å². The Morgan fingerprint density at radius 3 is 2.71 bits per heavy atom. The Balaban J connectivity index is 1.56. The molecule has 1 unspecified atom stereocenters. The van der Waals surface area contributed by atoms with Crippen LogP contribution in [-0.2, 0) is 0 Å². The number of aromatic nitrogens is 1. The summed E-state index contributed by atoms with van der Waals surface area (Å²) in [4.78, 5) is 16.7. The van der Waals surface area contributed by atoms with Gasteiger partial charge in [0, 0.05) is 37.9 Å². The first-order valence-corrected chi connectivity index (χ1v) is 8.42. The number of para-hydroxylation sites is 1. The van der Waals surface area contributed by atoms with Crippen LogP contribution in [0.2, 0.25) is 0 Å². The van der Waals surface area contributed by atoms with E-state index in [0.29, 0.717) is 12.3 Å². The highest BCUT2D eigenvalue weighted by atomic mass is 16.5. The second-order valence-corrected chi connectivity index (χ2v) is 6.21. The number of anilines is 1. The van der Waals surface area contributed by atoms with Crippen molar-refractivity contribution in [3.63, 3.8) is 0 Å². The van der Waals surface area contributed by atoms with Crippen LogP contribution in [0.5, 0.6) is 0 Å². The molecule has 2 heterocycles. The lowest BCUT2D eigenvalue weighted by molar-refractivity contribution is 0.195. The third kappa shape index (κ3) is 3.88. The number of nitrogens with zero attached hydrogens (tertiary/aromatic N) is 3. The van der Waals surface area contributed by atoms with Gasteiger partial charge < -0.3 is 19.6 Å². The Morgan fingerprint density at radius 1 is 1.21 bits per heavy atom. The maximum Gasteiger partial charge on any atom is 0.318 e. The van der Waals surface area contributed by atoms with Gasteiger partial charge in [0.15, 0.2) is 5.76 Å². The van der Waals surface area contributed by atoms with Crippen LogP contribution in [0, 0.1) is 6.92 Å². The van der Waals surface area contributed by atoms with Gasteiger partial charge in [-0.15, -0.1) is 0 Å². The van der Waals surface area contributed by atoms with Crippen molar-refractivity contribution in [1.29, 1.82) is 0 Å². The first-order chi connectivity index (χ1) is 11.6. The zero-order chi connectivity index (χ0) is 16.9. The summed E-state index contributed by atoms with van der Waals surface area (Å²) < 4.78 is 5.22. The average Bonchev–Trinajstić information content (AvgIpc) is 2.88. The molecule has 3 rings (SSSR count). The summed E-state index contributed by atoms with van der Waals surface area (Å²) in [5.74, 6) is 0.682. The molecule has 1 N–H and O–H groups in total. The van der Waals surface area contributed by atoms with E-state index in [1.54, 1.807) is 0 Å². The summed E-state index contributed by atoms with van der Waals surface area (Å²) >= 11 is 0. The van der Waals surface area contributed by atoms with Crippen LogP contribution < -0.4 is 10.2 Å². The fourth-order valence-electron chi connectivity index (χ4n) is 2.95. The maximum atomic E-state index is 12.5. The minimum Gasteiger partial charge on any atom is -0.370 e. The van der Waals surface area contributed by atoms with Crippen LogP contribution in [0.25, 0.3) is 0 Å². The van der Waals surface area contributed by atoms with Gasteiger partial charge >= 0.3 is 6.03 Å². The Labute approximate surface area is 142 Å². The number of benzene rings is 1. The second kappa shape index (κ2) is 7.38. The zero-order valence-corrected chi connectivity index (χ0v) is 14.2. The first-order valence-electron chi connectivity index (χ1n) is 8.42. The highest BCUT2D eigenvalue weighted by Gasteiger charge is 2.22. The minimum absolute atomic E-state index is 0.0496. The number of hydrogen-bond acceptors (Lipinski definition) is 4. The lowest BCUT2D eigenvalue weighted by atomic mass is 10.2. The third-order valence-corrected chi connectivity index (χ3v) is 4.32. The van der Waals surface area contributed by atoms with Gasteiger partial charge in [0.25, 0.3) is 0 Å². The van der Waals surface area contributed by atoms with E-state index in [2.05, 4.69) is 27.5 Å². The van der Waals surface area contributed by atoms with Crippen LogP contribution in [-0.4, -0.2) is 42.3 Å². The Hall–Kier alpha value is -2.50. The molecule has 0 aliphatic carbocycles. The lowest BCUT2D eigenvalue weighted by Crippen LogP contribution is -2.42. The van der Waals surface area contributed by atoms with E-state index in [1.165, 1.54) is 5.69 Å². The molecule has 1 atom stereocenters. The summed E-state index contributed by atoms with van der Waals surface area (Å²) in [6.45, 7) is 7.05. The molecule has 24 heavy (non-hydrogen) atoms. The molecule has 128 valence electrons. The van der Waals surface area contributed by atoms with Crippen LogP contribution in [0.1, 0.15) is 30.8 Å². The SMILES string of the molecule is Cc1cc(C(C)NC(=O)N2CCCN(c3ccccc3)CC2)on1. The normalized spacial score (nSPS) is 16.6. The zero-order valence-electron chi connectivity index (χ0n) is 14.2. The molecule has 1 saturated heterocycles. The molecule has 6 heteroatoms. The third-order valence-electron chi connectivity index (χ3n) is 4.32. The second-order valence-electron chi connectivity index (χ2n) is 6.21. The molecule has 2 amide bonds. The molecule has 1 fully saturated rings. The molecule has 0 saturated carbocycles. The first kappa shape index (κ1) is 16.4. The number of nitrogens with one attached hydrogen (secondary N) is 1. The van der Waals surface area contributed by atoms with Crippen molar-refractivity contribution in [1.82, 2.24) is 15.4 Å².